The Kier molecular flexibility index (Phi) is 7.36. The van der Waals surface area contributed by atoms with Gasteiger partial charge in [-0.15, -0.1) is 0 Å². The number of aliphatic imine (C=N–C) groups is 1. The van der Waals surface area contributed by atoms with Gasteiger partial charge >= 0.3 is 5.97 Å². The second-order valence-corrected chi connectivity index (χ2v) is 8.96. The average molecular weight is 474 g/mol. The normalized spacial score (nSPS) is 15.3. The van der Waals surface area contributed by atoms with Crippen LogP contribution in [0.2, 0.25) is 0 Å². The molecule has 3 aromatic rings. The lowest BCUT2D eigenvalue weighted by atomic mass is 9.89. The fraction of sp³-hybridized carbons (Fsp3) is 0.250. The highest BCUT2D eigenvalue weighted by atomic mass is 19.1. The summed E-state index contributed by atoms with van der Waals surface area (Å²) in [5.41, 5.74) is 5.09. The molecule has 0 bridgehead atoms. The maximum absolute atomic E-state index is 13.8. The predicted molar refractivity (Wildman–Crippen MR) is 135 cm³/mol. The van der Waals surface area contributed by atoms with Crippen molar-refractivity contribution < 1.29 is 19.1 Å². The lowest BCUT2D eigenvalue weighted by molar-refractivity contribution is -0.137. The molecule has 1 atom stereocenters. The Morgan fingerprint density at radius 2 is 1.80 bits per heavy atom. The van der Waals surface area contributed by atoms with Crippen LogP contribution in [0.4, 0.5) is 15.8 Å². The summed E-state index contributed by atoms with van der Waals surface area (Å²) in [6.07, 6.45) is 1.30. The lowest BCUT2D eigenvalue weighted by Crippen LogP contribution is -2.22. The van der Waals surface area contributed by atoms with Gasteiger partial charge in [-0.3, -0.25) is 14.6 Å². The van der Waals surface area contributed by atoms with Crippen molar-refractivity contribution >= 4 is 29.0 Å². The third-order valence-electron chi connectivity index (χ3n) is 6.00. The molecule has 2 N–H and O–H groups in total. The summed E-state index contributed by atoms with van der Waals surface area (Å²) in [7, 11) is 4.07. The van der Waals surface area contributed by atoms with Crippen molar-refractivity contribution in [1.82, 2.24) is 4.90 Å². The topological polar surface area (TPSA) is 82.0 Å². The number of halogens is 1. The molecule has 6 nitrogen and oxygen atoms in total. The van der Waals surface area contributed by atoms with E-state index in [0.29, 0.717) is 29.1 Å². The first kappa shape index (κ1) is 24.3. The van der Waals surface area contributed by atoms with Crippen molar-refractivity contribution in [2.45, 2.75) is 25.2 Å². The second-order valence-electron chi connectivity index (χ2n) is 8.96. The Morgan fingerprint density at radius 3 is 2.51 bits per heavy atom. The minimum atomic E-state index is -0.871. The smallest absolute Gasteiger partial charge is 0.303 e. The maximum Gasteiger partial charge on any atom is 0.303 e. The number of amides is 1. The minimum Gasteiger partial charge on any atom is -0.481 e. The van der Waals surface area contributed by atoms with Crippen LogP contribution in [0.3, 0.4) is 0 Å². The Hall–Kier alpha value is -3.84. The molecule has 1 unspecified atom stereocenters. The van der Waals surface area contributed by atoms with Crippen LogP contribution in [-0.2, 0) is 22.4 Å². The van der Waals surface area contributed by atoms with Crippen LogP contribution in [0.25, 0.3) is 0 Å². The molecule has 0 radical (unpaired) electrons. The van der Waals surface area contributed by atoms with E-state index in [9.17, 15) is 14.0 Å². The van der Waals surface area contributed by atoms with Crippen LogP contribution >= 0.6 is 0 Å². The van der Waals surface area contributed by atoms with Crippen molar-refractivity contribution in [1.29, 1.82) is 0 Å². The Balaban J connectivity index is 1.74. The van der Waals surface area contributed by atoms with Gasteiger partial charge in [-0.25, -0.2) is 4.39 Å². The predicted octanol–water partition coefficient (Wildman–Crippen LogP) is 4.80. The van der Waals surface area contributed by atoms with E-state index in [1.807, 2.05) is 62.6 Å². The van der Waals surface area contributed by atoms with Gasteiger partial charge in [-0.05, 0) is 79.5 Å². The number of aryl methyl sites for hydroxylation is 1. The molecule has 7 heteroatoms. The van der Waals surface area contributed by atoms with E-state index in [1.54, 1.807) is 6.07 Å². The first-order chi connectivity index (χ1) is 16.8. The van der Waals surface area contributed by atoms with E-state index in [1.165, 1.54) is 17.7 Å². The Labute approximate surface area is 204 Å². The monoisotopic (exact) mass is 473 g/mol. The zero-order valence-electron chi connectivity index (χ0n) is 19.8. The summed E-state index contributed by atoms with van der Waals surface area (Å²) in [5.74, 6) is -2.28. The first-order valence-electron chi connectivity index (χ1n) is 11.5. The minimum absolute atomic E-state index is 0.0103. The molecule has 0 fully saturated rings. The number of carboxylic acids is 1. The molecule has 180 valence electrons. The zero-order chi connectivity index (χ0) is 24.9. The molecular formula is C28H28FN3O3. The summed E-state index contributed by atoms with van der Waals surface area (Å²) in [5, 5.41) is 11.8. The maximum atomic E-state index is 13.8. The van der Waals surface area contributed by atoms with E-state index in [2.05, 4.69) is 10.2 Å². The molecule has 1 aliphatic heterocycles. The highest BCUT2D eigenvalue weighted by Crippen LogP contribution is 2.37. The van der Waals surface area contributed by atoms with Crippen molar-refractivity contribution in [3.63, 3.8) is 0 Å². The number of carboxylic acid groups (broad SMARTS) is 1. The second kappa shape index (κ2) is 10.6. The molecule has 0 aliphatic carbocycles. The number of hydrogen-bond donors (Lipinski definition) is 2. The number of likely N-dealkylation sites (N-methyl/N-ethyl adjacent to an activating group) is 1. The molecule has 3 aromatic carbocycles. The highest BCUT2D eigenvalue weighted by Gasteiger charge is 2.35. The standard InChI is InChI=1S/C28H28FN3O3/c1-32(2)15-14-18-6-10-22(11-7-18)30-27(20-5-3-4-19(16-20)8-13-25(33)34)26-23-12-9-21(29)17-24(23)31-28(26)35/h3-7,9-12,16-17,26H,8,13-15H2,1-2H3,(H,31,35)(H,33,34). The van der Waals surface area contributed by atoms with Gasteiger partial charge in [0.25, 0.3) is 0 Å². The number of fused-ring (bicyclic) bond motifs is 1. The van der Waals surface area contributed by atoms with E-state index < -0.39 is 17.7 Å². The van der Waals surface area contributed by atoms with Gasteiger partial charge in [0.2, 0.25) is 5.91 Å². The van der Waals surface area contributed by atoms with Gasteiger partial charge in [0, 0.05) is 18.7 Å². The molecule has 1 heterocycles. The number of nitrogens with zero attached hydrogens (tertiary/aromatic N) is 2. The summed E-state index contributed by atoms with van der Waals surface area (Å²) in [6.45, 7) is 0.937. The zero-order valence-corrected chi connectivity index (χ0v) is 19.8. The van der Waals surface area contributed by atoms with Crippen LogP contribution in [0.15, 0.2) is 71.7 Å². The number of anilines is 1. The third kappa shape index (κ3) is 6.00. The number of carbonyl (C=O) groups is 2. The summed E-state index contributed by atoms with van der Waals surface area (Å²) in [4.78, 5) is 31.1. The van der Waals surface area contributed by atoms with E-state index in [-0.39, 0.29) is 12.3 Å². The summed E-state index contributed by atoms with van der Waals surface area (Å²) in [6, 6.07) is 19.6. The molecule has 1 aliphatic rings. The Bertz CT molecular complexity index is 1270. The van der Waals surface area contributed by atoms with Crippen molar-refractivity contribution in [3.8, 4) is 0 Å². The first-order valence-corrected chi connectivity index (χ1v) is 11.5. The molecule has 0 saturated carbocycles. The molecule has 4 rings (SSSR count). The van der Waals surface area contributed by atoms with Crippen molar-refractivity contribution in [3.05, 3.63) is 94.8 Å². The number of aliphatic carboxylic acids is 1. The quantitative estimate of drug-likeness (QED) is 0.437. The SMILES string of the molecule is CN(C)CCc1ccc(N=C(c2cccc(CCC(=O)O)c2)C2C(=O)Nc3cc(F)ccc32)cc1. The van der Waals surface area contributed by atoms with Gasteiger partial charge < -0.3 is 15.3 Å². The largest absolute Gasteiger partial charge is 0.481 e. The molecule has 0 saturated heterocycles. The molecule has 0 aromatic heterocycles. The highest BCUT2D eigenvalue weighted by molar-refractivity contribution is 6.24. The van der Waals surface area contributed by atoms with Crippen molar-refractivity contribution in [2.24, 2.45) is 4.99 Å². The number of rotatable bonds is 9. The number of carbonyl (C=O) groups excluding carboxylic acids is 1. The van der Waals surface area contributed by atoms with Gasteiger partial charge in [-0.1, -0.05) is 36.4 Å². The number of hydrogen-bond acceptors (Lipinski definition) is 4. The average Bonchev–Trinajstić information content (AvgIpc) is 3.15. The van der Waals surface area contributed by atoms with Crippen LogP contribution in [-0.4, -0.2) is 48.2 Å². The summed E-state index contributed by atoms with van der Waals surface area (Å²) < 4.78 is 13.8. The van der Waals surface area contributed by atoms with E-state index >= 15 is 0 Å². The lowest BCUT2D eigenvalue weighted by Gasteiger charge is -2.15. The Morgan fingerprint density at radius 1 is 1.03 bits per heavy atom. The fourth-order valence-electron chi connectivity index (χ4n) is 4.17. The van der Waals surface area contributed by atoms with Crippen LogP contribution < -0.4 is 5.32 Å². The van der Waals surface area contributed by atoms with Crippen LogP contribution in [0, 0.1) is 5.82 Å². The van der Waals surface area contributed by atoms with E-state index in [4.69, 9.17) is 10.1 Å². The molecular weight excluding hydrogens is 445 g/mol. The van der Waals surface area contributed by atoms with Gasteiger partial charge in [-0.2, -0.15) is 0 Å². The number of benzene rings is 3. The van der Waals surface area contributed by atoms with Crippen LogP contribution in [0.5, 0.6) is 0 Å². The van der Waals surface area contributed by atoms with Gasteiger partial charge in [0.05, 0.1) is 11.4 Å². The fourth-order valence-corrected chi connectivity index (χ4v) is 4.17. The molecule has 0 spiro atoms. The van der Waals surface area contributed by atoms with Gasteiger partial charge in [0.1, 0.15) is 11.7 Å². The third-order valence-corrected chi connectivity index (χ3v) is 6.00. The molecule has 35 heavy (non-hydrogen) atoms. The van der Waals surface area contributed by atoms with Crippen molar-refractivity contribution in [2.75, 3.05) is 26.0 Å². The number of nitrogens with one attached hydrogen (secondary N) is 1. The van der Waals surface area contributed by atoms with Gasteiger partial charge in [0.15, 0.2) is 0 Å². The van der Waals surface area contributed by atoms with E-state index in [0.717, 1.165) is 24.1 Å². The summed E-state index contributed by atoms with van der Waals surface area (Å²) >= 11 is 0. The van der Waals surface area contributed by atoms with Crippen LogP contribution in [0.1, 0.15) is 34.6 Å². The molecule has 1 amide bonds.